The zero-order valence-electron chi connectivity index (χ0n) is 17.3. The van der Waals surface area contributed by atoms with E-state index in [-0.39, 0.29) is 17.2 Å². The van der Waals surface area contributed by atoms with E-state index in [1.807, 2.05) is 0 Å². The van der Waals surface area contributed by atoms with Crippen molar-refractivity contribution in [3.05, 3.63) is 29.8 Å². The van der Waals surface area contributed by atoms with Crippen LogP contribution in [0, 0.1) is 22.2 Å². The number of rotatable bonds is 6. The Morgan fingerprint density at radius 3 is 2.14 bits per heavy atom. The summed E-state index contributed by atoms with van der Waals surface area (Å²) < 4.78 is 5.11. The van der Waals surface area contributed by atoms with E-state index >= 15 is 0 Å². The van der Waals surface area contributed by atoms with E-state index in [0.29, 0.717) is 35.4 Å². The van der Waals surface area contributed by atoms with E-state index < -0.39 is 0 Å². The molecule has 0 aromatic heterocycles. The van der Waals surface area contributed by atoms with Gasteiger partial charge < -0.3 is 15.4 Å². The van der Waals surface area contributed by atoms with Gasteiger partial charge in [-0.15, -0.1) is 0 Å². The third-order valence-corrected chi connectivity index (χ3v) is 7.16. The maximum atomic E-state index is 13.1. The van der Waals surface area contributed by atoms with Gasteiger partial charge >= 0.3 is 0 Å². The van der Waals surface area contributed by atoms with E-state index in [4.69, 9.17) is 4.74 Å². The summed E-state index contributed by atoms with van der Waals surface area (Å²) >= 11 is 0. The third-order valence-electron chi connectivity index (χ3n) is 7.16. The normalized spacial score (nSPS) is 35.5. The highest BCUT2D eigenvalue weighted by Crippen LogP contribution is 2.69. The predicted molar refractivity (Wildman–Crippen MR) is 108 cm³/mol. The van der Waals surface area contributed by atoms with Gasteiger partial charge in [0.25, 0.3) is 5.91 Å². The summed E-state index contributed by atoms with van der Waals surface area (Å²) in [6.07, 6.45) is 6.93. The van der Waals surface area contributed by atoms with Gasteiger partial charge in [-0.3, -0.25) is 9.59 Å². The molecule has 0 spiro atoms. The van der Waals surface area contributed by atoms with Crippen LogP contribution in [0.4, 0.5) is 0 Å². The number of carbonyl (C=O) groups excluding carboxylic acids is 2. The zero-order valence-corrected chi connectivity index (χ0v) is 17.3. The molecule has 1 aromatic carbocycles. The van der Waals surface area contributed by atoms with E-state index in [1.54, 1.807) is 31.4 Å². The predicted octanol–water partition coefficient (Wildman–Crippen LogP) is 3.54. The summed E-state index contributed by atoms with van der Waals surface area (Å²) in [5, 5.41) is 6.01. The second kappa shape index (κ2) is 6.78. The number of hydrogen-bond acceptors (Lipinski definition) is 3. The fourth-order valence-electron chi connectivity index (χ4n) is 7.08. The molecule has 2 unspecified atom stereocenters. The lowest BCUT2D eigenvalue weighted by atomic mass is 9.40. The van der Waals surface area contributed by atoms with Crippen molar-refractivity contribution < 1.29 is 14.3 Å². The van der Waals surface area contributed by atoms with Crippen LogP contribution >= 0.6 is 0 Å². The highest BCUT2D eigenvalue weighted by Gasteiger charge is 2.62. The highest BCUT2D eigenvalue weighted by molar-refractivity contribution is 5.94. The maximum absolute atomic E-state index is 13.1. The summed E-state index contributed by atoms with van der Waals surface area (Å²) in [6, 6.07) is 7.02. The molecule has 5 rings (SSSR count). The molecule has 2 amide bonds. The van der Waals surface area contributed by atoms with Gasteiger partial charge in [0.15, 0.2) is 0 Å². The number of benzene rings is 1. The first kappa shape index (κ1) is 19.3. The number of nitrogens with one attached hydrogen (secondary N) is 2. The van der Waals surface area contributed by atoms with Crippen molar-refractivity contribution >= 4 is 11.8 Å². The van der Waals surface area contributed by atoms with Gasteiger partial charge in [0.2, 0.25) is 5.91 Å². The molecule has 4 bridgehead atoms. The molecule has 5 heteroatoms. The minimum absolute atomic E-state index is 0.133. The maximum Gasteiger partial charge on any atom is 0.251 e. The Balaban J connectivity index is 1.29. The van der Waals surface area contributed by atoms with Crippen LogP contribution in [0.2, 0.25) is 0 Å². The van der Waals surface area contributed by atoms with E-state index in [0.717, 1.165) is 25.0 Å². The number of amides is 2. The Labute approximate surface area is 167 Å². The molecule has 2 atom stereocenters. The SMILES string of the molecule is COc1ccc(C(=O)NCCNC(=O)C23CC4CC(C)(CC(C)(C4)C2)C3)cc1. The standard InChI is InChI=1S/C23H32N2O3/c1-21-10-16-11-22(2,13-21)15-23(12-16,14-21)20(27)25-9-8-24-19(26)17-4-6-18(28-3)7-5-17/h4-7,16H,8-15H2,1-3H3,(H,24,26)(H,25,27). The Morgan fingerprint density at radius 1 is 0.964 bits per heavy atom. The minimum atomic E-state index is -0.192. The van der Waals surface area contributed by atoms with Crippen LogP contribution in [0.1, 0.15) is 62.7 Å². The Kier molecular flexibility index (Phi) is 4.67. The monoisotopic (exact) mass is 384 g/mol. The van der Waals surface area contributed by atoms with E-state index in [9.17, 15) is 9.59 Å². The fourth-order valence-corrected chi connectivity index (χ4v) is 7.08. The molecular weight excluding hydrogens is 352 g/mol. The molecular formula is C23H32N2O3. The van der Waals surface area contributed by atoms with Gasteiger partial charge in [0, 0.05) is 18.7 Å². The van der Waals surface area contributed by atoms with Gasteiger partial charge in [-0.25, -0.2) is 0 Å². The van der Waals surface area contributed by atoms with Crippen LogP contribution in [-0.2, 0) is 4.79 Å². The van der Waals surface area contributed by atoms with Gasteiger partial charge in [0.1, 0.15) is 5.75 Å². The Morgan fingerprint density at radius 2 is 1.57 bits per heavy atom. The quantitative estimate of drug-likeness (QED) is 0.737. The van der Waals surface area contributed by atoms with Crippen molar-refractivity contribution in [2.75, 3.05) is 20.2 Å². The second-order valence-corrected chi connectivity index (χ2v) is 10.2. The molecule has 4 aliphatic rings. The van der Waals surface area contributed by atoms with Crippen LogP contribution in [0.3, 0.4) is 0 Å². The molecule has 28 heavy (non-hydrogen) atoms. The summed E-state index contributed by atoms with van der Waals surface area (Å²) in [6.45, 7) is 5.67. The van der Waals surface area contributed by atoms with Crippen molar-refractivity contribution in [1.82, 2.24) is 10.6 Å². The number of carbonyl (C=O) groups is 2. The van der Waals surface area contributed by atoms with Gasteiger partial charge in [-0.05, 0) is 79.5 Å². The molecule has 0 heterocycles. The molecule has 0 aliphatic heterocycles. The molecule has 1 aromatic rings. The molecule has 4 saturated carbocycles. The largest absolute Gasteiger partial charge is 0.497 e. The zero-order chi connectivity index (χ0) is 20.0. The van der Waals surface area contributed by atoms with Crippen LogP contribution in [0.25, 0.3) is 0 Å². The molecule has 0 saturated heterocycles. The molecule has 0 radical (unpaired) electrons. The lowest BCUT2D eigenvalue weighted by Gasteiger charge is -2.64. The summed E-state index contributed by atoms with van der Waals surface area (Å²) in [5.74, 6) is 1.49. The lowest BCUT2D eigenvalue weighted by molar-refractivity contribution is -0.170. The Hall–Kier alpha value is -2.04. The van der Waals surface area contributed by atoms with Crippen LogP contribution in [-0.4, -0.2) is 32.0 Å². The first-order valence-corrected chi connectivity index (χ1v) is 10.5. The topological polar surface area (TPSA) is 67.4 Å². The van der Waals surface area contributed by atoms with Crippen molar-refractivity contribution in [3.63, 3.8) is 0 Å². The molecule has 4 fully saturated rings. The minimum Gasteiger partial charge on any atom is -0.497 e. The van der Waals surface area contributed by atoms with Gasteiger partial charge in [0.05, 0.1) is 12.5 Å². The van der Waals surface area contributed by atoms with Crippen molar-refractivity contribution in [3.8, 4) is 5.75 Å². The lowest BCUT2D eigenvalue weighted by Crippen LogP contribution is -2.60. The van der Waals surface area contributed by atoms with Crippen LogP contribution in [0.15, 0.2) is 24.3 Å². The number of ether oxygens (including phenoxy) is 1. The number of hydrogen-bond donors (Lipinski definition) is 2. The highest BCUT2D eigenvalue weighted by atomic mass is 16.5. The van der Waals surface area contributed by atoms with Crippen molar-refractivity contribution in [1.29, 1.82) is 0 Å². The first-order chi connectivity index (χ1) is 13.2. The van der Waals surface area contributed by atoms with Crippen LogP contribution in [0.5, 0.6) is 5.75 Å². The summed E-state index contributed by atoms with van der Waals surface area (Å²) in [5.41, 5.74) is 1.06. The van der Waals surface area contributed by atoms with E-state index in [1.165, 1.54) is 19.3 Å². The van der Waals surface area contributed by atoms with Crippen molar-refractivity contribution in [2.24, 2.45) is 22.2 Å². The number of methoxy groups -OCH3 is 1. The van der Waals surface area contributed by atoms with Crippen molar-refractivity contribution in [2.45, 2.75) is 52.4 Å². The second-order valence-electron chi connectivity index (χ2n) is 10.2. The van der Waals surface area contributed by atoms with Gasteiger partial charge in [-0.2, -0.15) is 0 Å². The average Bonchev–Trinajstić information content (AvgIpc) is 2.62. The first-order valence-electron chi connectivity index (χ1n) is 10.5. The summed E-state index contributed by atoms with van der Waals surface area (Å²) in [7, 11) is 1.60. The fraction of sp³-hybridized carbons (Fsp3) is 0.652. The molecule has 4 aliphatic carbocycles. The molecule has 2 N–H and O–H groups in total. The van der Waals surface area contributed by atoms with Gasteiger partial charge in [-0.1, -0.05) is 13.8 Å². The summed E-state index contributed by atoms with van der Waals surface area (Å²) in [4.78, 5) is 25.4. The molecule has 5 nitrogen and oxygen atoms in total. The van der Waals surface area contributed by atoms with E-state index in [2.05, 4.69) is 24.5 Å². The average molecular weight is 385 g/mol. The Bertz CT molecular complexity index is 755. The van der Waals surface area contributed by atoms with Crippen LogP contribution < -0.4 is 15.4 Å². The molecule has 152 valence electrons. The third kappa shape index (κ3) is 3.51. The smallest absolute Gasteiger partial charge is 0.251 e.